The summed E-state index contributed by atoms with van der Waals surface area (Å²) in [5.74, 6) is -1.36. The third-order valence-electron chi connectivity index (χ3n) is 2.67. The maximum atomic E-state index is 11.9. The van der Waals surface area contributed by atoms with Gasteiger partial charge >= 0.3 is 5.97 Å². The van der Waals surface area contributed by atoms with Gasteiger partial charge in [0.05, 0.1) is 23.9 Å². The van der Waals surface area contributed by atoms with E-state index in [9.17, 15) is 9.59 Å². The molecule has 0 saturated carbocycles. The number of halogens is 1. The van der Waals surface area contributed by atoms with Crippen molar-refractivity contribution in [3.05, 3.63) is 52.3 Å². The highest BCUT2D eigenvalue weighted by molar-refractivity contribution is 9.10. The number of carbonyl (C=O) groups excluding carboxylic acids is 1. The number of amides is 1. The molecule has 0 spiro atoms. The predicted molar refractivity (Wildman–Crippen MR) is 82.1 cm³/mol. The monoisotopic (exact) mass is 349 g/mol. The normalized spacial score (nSPS) is 10.1. The zero-order chi connectivity index (χ0) is 15.4. The van der Waals surface area contributed by atoms with E-state index in [2.05, 4.69) is 26.2 Å². The number of nitrogens with one attached hydrogen (secondary N) is 1. The first-order chi connectivity index (χ1) is 9.95. The van der Waals surface area contributed by atoms with Crippen molar-refractivity contribution >= 4 is 39.2 Å². The summed E-state index contributed by atoms with van der Waals surface area (Å²) in [6, 6.07) is 7.91. The number of benzene rings is 1. The molecule has 0 atom stereocenters. The molecule has 1 aromatic heterocycles. The van der Waals surface area contributed by atoms with Crippen molar-refractivity contribution in [3.63, 3.8) is 0 Å². The first-order valence-corrected chi connectivity index (χ1v) is 6.78. The third-order valence-corrected chi connectivity index (χ3v) is 3.36. The zero-order valence-corrected chi connectivity index (χ0v) is 12.4. The van der Waals surface area contributed by atoms with Crippen molar-refractivity contribution < 1.29 is 14.7 Å². The summed E-state index contributed by atoms with van der Waals surface area (Å²) >= 11 is 3.14. The van der Waals surface area contributed by atoms with E-state index in [0.717, 1.165) is 0 Å². The Balaban J connectivity index is 2.07. The Morgan fingerprint density at radius 3 is 2.67 bits per heavy atom. The van der Waals surface area contributed by atoms with Gasteiger partial charge in [0.15, 0.2) is 0 Å². The first-order valence-electron chi connectivity index (χ1n) is 5.99. The van der Waals surface area contributed by atoms with Crippen molar-refractivity contribution in [3.8, 4) is 0 Å². The molecule has 21 heavy (non-hydrogen) atoms. The highest BCUT2D eigenvalue weighted by Crippen LogP contribution is 2.21. The summed E-state index contributed by atoms with van der Waals surface area (Å²) in [5.41, 5.74) is 7.12. The number of carboxylic acids is 1. The smallest absolute Gasteiger partial charge is 0.336 e. The molecule has 7 heteroatoms. The van der Waals surface area contributed by atoms with Crippen LogP contribution < -0.4 is 11.1 Å². The van der Waals surface area contributed by atoms with Crippen LogP contribution in [-0.2, 0) is 11.2 Å². The van der Waals surface area contributed by atoms with E-state index in [-0.39, 0.29) is 17.9 Å². The molecule has 0 radical (unpaired) electrons. The lowest BCUT2D eigenvalue weighted by Crippen LogP contribution is -2.15. The van der Waals surface area contributed by atoms with Crippen LogP contribution >= 0.6 is 15.9 Å². The number of aromatic nitrogens is 1. The lowest BCUT2D eigenvalue weighted by atomic mass is 10.2. The number of anilines is 2. The number of carboxylic acid groups (broad SMARTS) is 1. The molecule has 0 aliphatic carbocycles. The Labute approximate surface area is 129 Å². The lowest BCUT2D eigenvalue weighted by Gasteiger charge is -2.07. The Bertz CT molecular complexity index is 686. The van der Waals surface area contributed by atoms with Crippen LogP contribution in [0.15, 0.2) is 41.0 Å². The van der Waals surface area contributed by atoms with Crippen LogP contribution in [0.25, 0.3) is 0 Å². The Morgan fingerprint density at radius 1 is 1.29 bits per heavy atom. The SMILES string of the molecule is Nc1ccc(CC(=O)Nc2ccc(Br)c(C(=O)O)c2)nc1. The Kier molecular flexibility index (Phi) is 4.54. The van der Waals surface area contributed by atoms with Crippen LogP contribution in [0, 0.1) is 0 Å². The molecule has 0 bridgehead atoms. The van der Waals surface area contributed by atoms with E-state index < -0.39 is 5.97 Å². The minimum absolute atomic E-state index is 0.0819. The van der Waals surface area contributed by atoms with Gasteiger partial charge in [-0.15, -0.1) is 0 Å². The van der Waals surface area contributed by atoms with Gasteiger partial charge in [0.2, 0.25) is 5.91 Å². The van der Waals surface area contributed by atoms with Gasteiger partial charge in [0.1, 0.15) is 0 Å². The van der Waals surface area contributed by atoms with Crippen molar-refractivity contribution in [1.29, 1.82) is 0 Å². The van der Waals surface area contributed by atoms with Gasteiger partial charge in [0, 0.05) is 15.9 Å². The highest BCUT2D eigenvalue weighted by Gasteiger charge is 2.11. The molecule has 0 aliphatic heterocycles. The molecular weight excluding hydrogens is 338 g/mol. The third kappa shape index (κ3) is 4.03. The molecule has 2 rings (SSSR count). The maximum absolute atomic E-state index is 11.9. The summed E-state index contributed by atoms with van der Waals surface area (Å²) in [4.78, 5) is 26.9. The molecule has 108 valence electrons. The minimum Gasteiger partial charge on any atom is -0.478 e. The minimum atomic E-state index is -1.07. The van der Waals surface area contributed by atoms with Gasteiger partial charge in [-0.05, 0) is 46.3 Å². The largest absolute Gasteiger partial charge is 0.478 e. The van der Waals surface area contributed by atoms with Crippen LogP contribution in [0.5, 0.6) is 0 Å². The lowest BCUT2D eigenvalue weighted by molar-refractivity contribution is -0.115. The Morgan fingerprint density at radius 2 is 2.05 bits per heavy atom. The van der Waals surface area contributed by atoms with Crippen molar-refractivity contribution in [2.75, 3.05) is 11.1 Å². The second-order valence-corrected chi connectivity index (χ2v) is 5.16. The van der Waals surface area contributed by atoms with Gasteiger partial charge in [-0.3, -0.25) is 9.78 Å². The fourth-order valence-corrected chi connectivity index (χ4v) is 2.09. The number of nitrogen functional groups attached to an aromatic ring is 1. The second kappa shape index (κ2) is 6.36. The van der Waals surface area contributed by atoms with Crippen LogP contribution in [0.1, 0.15) is 16.1 Å². The predicted octanol–water partition coefficient (Wildman–Crippen LogP) is 2.31. The van der Waals surface area contributed by atoms with E-state index >= 15 is 0 Å². The standard InChI is InChI=1S/C14H12BrN3O3/c15-12-4-3-10(5-11(12)14(20)21)18-13(19)6-9-2-1-8(16)7-17-9/h1-5,7H,6,16H2,(H,18,19)(H,20,21). The molecule has 2 aromatic rings. The van der Waals surface area contributed by atoms with E-state index in [0.29, 0.717) is 21.5 Å². The van der Waals surface area contributed by atoms with Crippen molar-refractivity contribution in [2.45, 2.75) is 6.42 Å². The Hall–Kier alpha value is -2.41. The number of aromatic carboxylic acids is 1. The number of rotatable bonds is 4. The van der Waals surface area contributed by atoms with Crippen LogP contribution in [-0.4, -0.2) is 22.0 Å². The summed E-state index contributed by atoms with van der Waals surface area (Å²) < 4.78 is 0.452. The molecule has 1 amide bonds. The number of nitrogens with zero attached hydrogens (tertiary/aromatic N) is 1. The van der Waals surface area contributed by atoms with Crippen molar-refractivity contribution in [1.82, 2.24) is 4.98 Å². The van der Waals surface area contributed by atoms with E-state index in [1.807, 2.05) is 0 Å². The van der Waals surface area contributed by atoms with Gasteiger partial charge in [-0.1, -0.05) is 0 Å². The van der Waals surface area contributed by atoms with Gasteiger partial charge in [0.25, 0.3) is 0 Å². The first kappa shape index (κ1) is 15.0. The van der Waals surface area contributed by atoms with Gasteiger partial charge < -0.3 is 16.2 Å². The molecular formula is C14H12BrN3O3. The maximum Gasteiger partial charge on any atom is 0.336 e. The summed E-state index contributed by atoms with van der Waals surface area (Å²) in [7, 11) is 0. The number of hydrogen-bond donors (Lipinski definition) is 3. The molecule has 4 N–H and O–H groups in total. The molecule has 1 aromatic carbocycles. The molecule has 1 heterocycles. The average Bonchev–Trinajstić information content (AvgIpc) is 2.43. The number of carbonyl (C=O) groups is 2. The molecule has 0 aliphatic rings. The molecule has 6 nitrogen and oxygen atoms in total. The fourth-order valence-electron chi connectivity index (χ4n) is 1.68. The van der Waals surface area contributed by atoms with E-state index in [1.54, 1.807) is 24.3 Å². The van der Waals surface area contributed by atoms with Crippen LogP contribution in [0.4, 0.5) is 11.4 Å². The number of pyridine rings is 1. The van der Waals surface area contributed by atoms with E-state index in [4.69, 9.17) is 10.8 Å². The quantitative estimate of drug-likeness (QED) is 0.785. The second-order valence-electron chi connectivity index (χ2n) is 4.31. The van der Waals surface area contributed by atoms with Gasteiger partial charge in [-0.25, -0.2) is 4.79 Å². The van der Waals surface area contributed by atoms with Crippen LogP contribution in [0.3, 0.4) is 0 Å². The number of nitrogens with two attached hydrogens (primary N) is 1. The highest BCUT2D eigenvalue weighted by atomic mass is 79.9. The fraction of sp³-hybridized carbons (Fsp3) is 0.0714. The topological polar surface area (TPSA) is 105 Å². The van der Waals surface area contributed by atoms with Crippen LogP contribution in [0.2, 0.25) is 0 Å². The molecule has 0 saturated heterocycles. The van der Waals surface area contributed by atoms with E-state index in [1.165, 1.54) is 12.3 Å². The van der Waals surface area contributed by atoms with Gasteiger partial charge in [-0.2, -0.15) is 0 Å². The van der Waals surface area contributed by atoms with Crippen molar-refractivity contribution in [2.24, 2.45) is 0 Å². The number of hydrogen-bond acceptors (Lipinski definition) is 4. The summed E-state index contributed by atoms with van der Waals surface area (Å²) in [6.07, 6.45) is 1.56. The zero-order valence-electron chi connectivity index (χ0n) is 10.8. The summed E-state index contributed by atoms with van der Waals surface area (Å²) in [6.45, 7) is 0. The average molecular weight is 350 g/mol. The molecule has 0 unspecified atom stereocenters. The molecule has 0 fully saturated rings. The summed E-state index contributed by atoms with van der Waals surface area (Å²) in [5, 5.41) is 11.7.